The summed E-state index contributed by atoms with van der Waals surface area (Å²) >= 11 is 0. The van der Waals surface area contributed by atoms with Crippen molar-refractivity contribution in [1.29, 1.82) is 0 Å². The zero-order chi connectivity index (χ0) is 9.80. The van der Waals surface area contributed by atoms with Gasteiger partial charge in [0.2, 0.25) is 5.91 Å². The van der Waals surface area contributed by atoms with Crippen LogP contribution in [0, 0.1) is 5.92 Å². The van der Waals surface area contributed by atoms with E-state index in [0.29, 0.717) is 26.4 Å². The van der Waals surface area contributed by atoms with Gasteiger partial charge in [-0.25, -0.2) is 0 Å². The van der Waals surface area contributed by atoms with Crippen LogP contribution in [0.2, 0.25) is 0 Å². The van der Waals surface area contributed by atoms with Crippen LogP contribution in [0.1, 0.15) is 0 Å². The van der Waals surface area contributed by atoms with Gasteiger partial charge in [0.15, 0.2) is 0 Å². The minimum Gasteiger partial charge on any atom is -0.376 e. The van der Waals surface area contributed by atoms with Crippen molar-refractivity contribution in [2.75, 3.05) is 39.5 Å². The number of hydrogen-bond donors (Lipinski definition) is 2. The Balaban J connectivity index is 1.62. The molecule has 0 aliphatic carbocycles. The van der Waals surface area contributed by atoms with Crippen molar-refractivity contribution in [3.05, 3.63) is 0 Å². The number of carbonyl (C=O) groups excluding carboxylic acids is 1. The summed E-state index contributed by atoms with van der Waals surface area (Å²) in [7, 11) is 0. The largest absolute Gasteiger partial charge is 0.376 e. The second-order valence-corrected chi connectivity index (χ2v) is 3.67. The fraction of sp³-hybridized carbons (Fsp3) is 0.889. The number of carbonyl (C=O) groups is 1. The second-order valence-electron chi connectivity index (χ2n) is 3.67. The first-order chi connectivity index (χ1) is 6.86. The molecule has 2 heterocycles. The van der Waals surface area contributed by atoms with Crippen molar-refractivity contribution in [2.45, 2.75) is 6.10 Å². The maximum atomic E-state index is 11.4. The van der Waals surface area contributed by atoms with Crippen molar-refractivity contribution < 1.29 is 14.3 Å². The third-order valence-corrected chi connectivity index (χ3v) is 2.54. The van der Waals surface area contributed by atoms with E-state index in [1.807, 2.05) is 0 Å². The van der Waals surface area contributed by atoms with Crippen LogP contribution >= 0.6 is 0 Å². The first kappa shape index (κ1) is 9.89. The lowest BCUT2D eigenvalue weighted by Crippen LogP contribution is -2.52. The summed E-state index contributed by atoms with van der Waals surface area (Å²) in [5, 5.41) is 5.93. The SMILES string of the molecule is O=C(NCC1COCCO1)C1CNC1. The Labute approximate surface area is 83.1 Å². The van der Waals surface area contributed by atoms with Crippen LogP contribution in [0.5, 0.6) is 0 Å². The molecular formula is C9H16N2O3. The van der Waals surface area contributed by atoms with Gasteiger partial charge in [-0.1, -0.05) is 0 Å². The van der Waals surface area contributed by atoms with Gasteiger partial charge in [-0.15, -0.1) is 0 Å². The Kier molecular flexibility index (Phi) is 3.34. The van der Waals surface area contributed by atoms with Gasteiger partial charge < -0.3 is 20.1 Å². The molecule has 1 atom stereocenters. The fourth-order valence-electron chi connectivity index (χ4n) is 1.49. The predicted molar refractivity (Wildman–Crippen MR) is 49.9 cm³/mol. The van der Waals surface area contributed by atoms with E-state index in [1.165, 1.54) is 0 Å². The fourth-order valence-corrected chi connectivity index (χ4v) is 1.49. The zero-order valence-corrected chi connectivity index (χ0v) is 8.12. The monoisotopic (exact) mass is 200 g/mol. The van der Waals surface area contributed by atoms with E-state index < -0.39 is 0 Å². The average molecular weight is 200 g/mol. The summed E-state index contributed by atoms with van der Waals surface area (Å²) in [5.74, 6) is 0.275. The first-order valence-corrected chi connectivity index (χ1v) is 5.04. The smallest absolute Gasteiger partial charge is 0.225 e. The second kappa shape index (κ2) is 4.72. The summed E-state index contributed by atoms with van der Waals surface area (Å²) in [6.07, 6.45) is 0.0285. The molecule has 0 aromatic heterocycles. The molecule has 5 nitrogen and oxygen atoms in total. The van der Waals surface area contributed by atoms with Gasteiger partial charge >= 0.3 is 0 Å². The third-order valence-electron chi connectivity index (χ3n) is 2.54. The van der Waals surface area contributed by atoms with Crippen LogP contribution in [-0.2, 0) is 14.3 Å². The third kappa shape index (κ3) is 2.43. The van der Waals surface area contributed by atoms with E-state index in [0.717, 1.165) is 13.1 Å². The highest BCUT2D eigenvalue weighted by Crippen LogP contribution is 2.03. The highest BCUT2D eigenvalue weighted by Gasteiger charge is 2.25. The number of amides is 1. The molecule has 2 fully saturated rings. The van der Waals surface area contributed by atoms with E-state index in [1.54, 1.807) is 0 Å². The van der Waals surface area contributed by atoms with E-state index in [9.17, 15) is 4.79 Å². The maximum Gasteiger partial charge on any atom is 0.225 e. The Morgan fingerprint density at radius 1 is 1.43 bits per heavy atom. The van der Waals surface area contributed by atoms with Gasteiger partial charge in [0, 0.05) is 19.6 Å². The predicted octanol–water partition coefficient (Wildman–Crippen LogP) is -1.26. The van der Waals surface area contributed by atoms with Gasteiger partial charge in [-0.3, -0.25) is 4.79 Å². The van der Waals surface area contributed by atoms with Gasteiger partial charge in [0.25, 0.3) is 0 Å². The first-order valence-electron chi connectivity index (χ1n) is 5.04. The van der Waals surface area contributed by atoms with E-state index >= 15 is 0 Å². The molecule has 0 aromatic carbocycles. The van der Waals surface area contributed by atoms with Gasteiger partial charge in [-0.05, 0) is 0 Å². The van der Waals surface area contributed by atoms with Crippen LogP contribution in [-0.4, -0.2) is 51.5 Å². The van der Waals surface area contributed by atoms with Crippen molar-refractivity contribution in [1.82, 2.24) is 10.6 Å². The van der Waals surface area contributed by atoms with Crippen LogP contribution < -0.4 is 10.6 Å². The van der Waals surface area contributed by atoms with Crippen LogP contribution in [0.25, 0.3) is 0 Å². The standard InChI is InChI=1S/C9H16N2O3/c12-9(7-3-10-4-7)11-5-8-6-13-1-2-14-8/h7-8,10H,1-6H2,(H,11,12). The number of ether oxygens (including phenoxy) is 2. The Morgan fingerprint density at radius 2 is 2.29 bits per heavy atom. The topological polar surface area (TPSA) is 59.6 Å². The number of rotatable bonds is 3. The molecule has 0 spiro atoms. The molecule has 14 heavy (non-hydrogen) atoms. The van der Waals surface area contributed by atoms with Crippen LogP contribution in [0.4, 0.5) is 0 Å². The molecule has 2 aliphatic heterocycles. The Morgan fingerprint density at radius 3 is 2.86 bits per heavy atom. The van der Waals surface area contributed by atoms with Gasteiger partial charge in [0.1, 0.15) is 0 Å². The van der Waals surface area contributed by atoms with Crippen LogP contribution in [0.3, 0.4) is 0 Å². The quantitative estimate of drug-likeness (QED) is 0.597. The van der Waals surface area contributed by atoms with Crippen molar-refractivity contribution >= 4 is 5.91 Å². The Hall–Kier alpha value is -0.650. The lowest BCUT2D eigenvalue weighted by atomic mass is 10.0. The molecule has 80 valence electrons. The van der Waals surface area contributed by atoms with Crippen LogP contribution in [0.15, 0.2) is 0 Å². The molecule has 2 aliphatic rings. The lowest BCUT2D eigenvalue weighted by molar-refractivity contribution is -0.129. The summed E-state index contributed by atoms with van der Waals surface area (Å²) < 4.78 is 10.6. The molecular weight excluding hydrogens is 184 g/mol. The zero-order valence-electron chi connectivity index (χ0n) is 8.12. The molecule has 5 heteroatoms. The van der Waals surface area contributed by atoms with E-state index in [-0.39, 0.29) is 17.9 Å². The van der Waals surface area contributed by atoms with E-state index in [2.05, 4.69) is 10.6 Å². The van der Waals surface area contributed by atoms with Gasteiger partial charge in [-0.2, -0.15) is 0 Å². The molecule has 1 amide bonds. The minimum absolute atomic E-state index is 0.0285. The molecule has 0 radical (unpaired) electrons. The van der Waals surface area contributed by atoms with Crippen molar-refractivity contribution in [3.8, 4) is 0 Å². The summed E-state index contributed by atoms with van der Waals surface area (Å²) in [6, 6.07) is 0. The normalized spacial score (nSPS) is 28.1. The minimum atomic E-state index is 0.0285. The summed E-state index contributed by atoms with van der Waals surface area (Å²) in [5.41, 5.74) is 0. The summed E-state index contributed by atoms with van der Waals surface area (Å²) in [4.78, 5) is 11.4. The molecule has 1 unspecified atom stereocenters. The highest BCUT2D eigenvalue weighted by atomic mass is 16.6. The highest BCUT2D eigenvalue weighted by molar-refractivity contribution is 5.80. The Bertz CT molecular complexity index is 200. The van der Waals surface area contributed by atoms with Crippen molar-refractivity contribution in [3.63, 3.8) is 0 Å². The number of hydrogen-bond acceptors (Lipinski definition) is 4. The molecule has 2 rings (SSSR count). The average Bonchev–Trinajstić information content (AvgIpc) is 2.14. The molecule has 0 saturated carbocycles. The molecule has 0 bridgehead atoms. The molecule has 2 saturated heterocycles. The van der Waals surface area contributed by atoms with Gasteiger partial charge in [0.05, 0.1) is 31.8 Å². The molecule has 0 aromatic rings. The number of nitrogens with one attached hydrogen (secondary N) is 2. The van der Waals surface area contributed by atoms with E-state index in [4.69, 9.17) is 9.47 Å². The molecule has 2 N–H and O–H groups in total. The maximum absolute atomic E-state index is 11.4. The lowest BCUT2D eigenvalue weighted by Gasteiger charge is -2.28. The van der Waals surface area contributed by atoms with Crippen molar-refractivity contribution in [2.24, 2.45) is 5.92 Å². The summed E-state index contributed by atoms with van der Waals surface area (Å²) in [6.45, 7) is 4.04.